The maximum Gasteiger partial charge on any atom is 0.166 e. The van der Waals surface area contributed by atoms with Crippen molar-refractivity contribution in [2.75, 3.05) is 0 Å². The number of hydrogen-bond donors (Lipinski definition) is 0. The van der Waals surface area contributed by atoms with E-state index in [9.17, 15) is 5.48 Å². The van der Waals surface area contributed by atoms with E-state index >= 15 is 0 Å². The lowest BCUT2D eigenvalue weighted by Crippen LogP contribution is -2.08. The Kier molecular flexibility index (Phi) is 5.85. The van der Waals surface area contributed by atoms with E-state index in [0.717, 1.165) is 76.8 Å². The molecule has 0 bridgehead atoms. The third-order valence-corrected chi connectivity index (χ3v) is 12.5. The van der Waals surface area contributed by atoms with Gasteiger partial charge in [0.15, 0.2) is 5.82 Å². The van der Waals surface area contributed by atoms with Gasteiger partial charge in [-0.05, 0) is 65.7 Å². The van der Waals surface area contributed by atoms with E-state index in [0.29, 0.717) is 17.0 Å². The zero-order chi connectivity index (χ0) is 48.8. The predicted octanol–water partition coefficient (Wildman–Crippen LogP) is 15.0. The fourth-order valence-electron chi connectivity index (χ4n) is 9.95. The minimum atomic E-state index is -0.529. The van der Waals surface area contributed by atoms with Crippen LogP contribution in [0.1, 0.15) is 11.0 Å². The largest absolute Gasteiger partial charge is 0.456 e. The van der Waals surface area contributed by atoms with Crippen molar-refractivity contribution in [1.82, 2.24) is 23.7 Å². The van der Waals surface area contributed by atoms with Crippen LogP contribution in [0.5, 0.6) is 0 Å². The van der Waals surface area contributed by atoms with Gasteiger partial charge in [0.25, 0.3) is 0 Å². The first-order valence-electron chi connectivity index (χ1n) is 25.0. The molecular formula is C58H35N5O. The third-order valence-electron chi connectivity index (χ3n) is 12.5. The molecule has 0 aliphatic rings. The summed E-state index contributed by atoms with van der Waals surface area (Å²) < 4.78 is 85.2. The Morgan fingerprint density at radius 2 is 0.828 bits per heavy atom. The Bertz CT molecular complexity index is 4520. The number of fused-ring (bicyclic) bond motifs is 12. The number of benzene rings is 9. The molecule has 0 fully saturated rings. The molecule has 64 heavy (non-hydrogen) atoms. The number of furan rings is 1. The van der Waals surface area contributed by atoms with Gasteiger partial charge in [0.2, 0.25) is 0 Å². The van der Waals surface area contributed by atoms with Crippen molar-refractivity contribution in [3.63, 3.8) is 0 Å². The molecule has 0 radical (unpaired) electrons. The molecule has 0 spiro atoms. The van der Waals surface area contributed by atoms with Gasteiger partial charge in [0.05, 0.1) is 55.3 Å². The summed E-state index contributed by atoms with van der Waals surface area (Å²) in [5.41, 5.74) is 7.86. The van der Waals surface area contributed by atoms with E-state index in [1.54, 1.807) is 6.07 Å². The van der Waals surface area contributed by atoms with Crippen molar-refractivity contribution in [1.29, 1.82) is 0 Å². The van der Waals surface area contributed by atoms with Crippen LogP contribution in [-0.2, 0) is 0 Å². The Morgan fingerprint density at radius 1 is 0.375 bits per heavy atom. The van der Waals surface area contributed by atoms with Gasteiger partial charge in [-0.25, -0.2) is 9.97 Å². The van der Waals surface area contributed by atoms with Crippen molar-refractivity contribution in [2.24, 2.45) is 0 Å². The minimum Gasteiger partial charge on any atom is -0.456 e. The van der Waals surface area contributed by atoms with Crippen molar-refractivity contribution < 1.29 is 15.4 Å². The highest BCUT2D eigenvalue weighted by atomic mass is 16.3. The molecule has 0 saturated carbocycles. The molecule has 298 valence electrons. The summed E-state index contributed by atoms with van der Waals surface area (Å²) in [6, 6.07) is 50.5. The molecule has 0 N–H and O–H groups in total. The first-order valence-corrected chi connectivity index (χ1v) is 21.0. The summed E-state index contributed by atoms with van der Waals surface area (Å²) in [6.07, 6.45) is 0. The Morgan fingerprint density at radius 3 is 1.42 bits per heavy atom. The fraction of sp³-hybridized carbons (Fsp3) is 0. The number of rotatable bonds is 5. The fourth-order valence-corrected chi connectivity index (χ4v) is 9.95. The van der Waals surface area contributed by atoms with Crippen molar-refractivity contribution in [3.05, 3.63) is 212 Å². The molecule has 5 heterocycles. The second-order valence-electron chi connectivity index (χ2n) is 15.9. The van der Waals surface area contributed by atoms with Crippen molar-refractivity contribution in [3.8, 4) is 39.8 Å². The van der Waals surface area contributed by atoms with Gasteiger partial charge in [-0.3, -0.25) is 9.13 Å². The third kappa shape index (κ3) is 4.90. The SMILES string of the molecule is [2H]c1c([2H])c([2H])c2c(c1[2H])c1c([2H])c([2H])c([2H])c([2H])c1n2-c1cc(-n2c3ccccc3c3ccccc32)nc(-c2c(-c3cccc4oc5ccccc5c34)cccc2-n2c3ccccc3c3ccccc32)n1. The maximum atomic E-state index is 9.49. The molecular weight excluding hydrogens is 783 g/mol. The molecule has 0 aliphatic carbocycles. The van der Waals surface area contributed by atoms with Gasteiger partial charge in [-0.2, -0.15) is 0 Å². The molecule has 0 atom stereocenters. The van der Waals surface area contributed by atoms with Crippen LogP contribution in [0.25, 0.3) is 127 Å². The van der Waals surface area contributed by atoms with E-state index in [1.165, 1.54) is 4.57 Å². The number of para-hydroxylation sites is 7. The highest BCUT2D eigenvalue weighted by Gasteiger charge is 2.26. The zero-order valence-electron chi connectivity index (χ0n) is 41.7. The standard InChI is InChI=1S/C58H35N5O/c1-8-26-45-36(17-1)37-18-2-9-27-46(37)61(45)51-32-15-24-43(42-25-16-34-53-56(42)44-23-7-14-33-52(44)64-53)57(51)58-59-54(62-47-28-10-3-19-38(47)39-20-4-11-29-48(39)62)35-55(60-58)63-49-30-12-5-21-40(49)41-22-6-13-31-50(41)63/h1-35H/i3D,4D,10D,11D,19D,20D,28D,29D. The van der Waals surface area contributed by atoms with Crippen LogP contribution in [0.4, 0.5) is 0 Å². The Balaban J connectivity index is 1.21. The highest BCUT2D eigenvalue weighted by molar-refractivity contribution is 6.15. The minimum absolute atomic E-state index is 0.0496. The number of hydrogen-bond acceptors (Lipinski definition) is 3. The van der Waals surface area contributed by atoms with Gasteiger partial charge >= 0.3 is 0 Å². The summed E-state index contributed by atoms with van der Waals surface area (Å²) in [5.74, 6) is 0.749. The smallest absolute Gasteiger partial charge is 0.166 e. The lowest BCUT2D eigenvalue weighted by atomic mass is 9.93. The summed E-state index contributed by atoms with van der Waals surface area (Å²) >= 11 is 0. The molecule has 6 heteroatoms. The lowest BCUT2D eigenvalue weighted by Gasteiger charge is -2.20. The van der Waals surface area contributed by atoms with Crippen molar-refractivity contribution in [2.45, 2.75) is 0 Å². The van der Waals surface area contributed by atoms with E-state index in [4.69, 9.17) is 19.9 Å². The monoisotopic (exact) mass is 825 g/mol. The van der Waals surface area contributed by atoms with Crippen LogP contribution in [0.3, 0.4) is 0 Å². The second-order valence-corrected chi connectivity index (χ2v) is 15.9. The molecule has 0 saturated heterocycles. The van der Waals surface area contributed by atoms with Gasteiger partial charge < -0.3 is 8.98 Å². The summed E-state index contributed by atoms with van der Waals surface area (Å²) in [5, 5.41) is 5.74. The number of nitrogens with zero attached hydrogens (tertiary/aromatic N) is 5. The van der Waals surface area contributed by atoms with Gasteiger partial charge in [-0.15, -0.1) is 0 Å². The van der Waals surface area contributed by atoms with E-state index in [2.05, 4.69) is 53.1 Å². The van der Waals surface area contributed by atoms with Crippen molar-refractivity contribution >= 4 is 87.4 Å². The van der Waals surface area contributed by atoms with Crippen LogP contribution in [-0.4, -0.2) is 23.7 Å². The topological polar surface area (TPSA) is 53.7 Å². The molecule has 0 aliphatic heterocycles. The Hall–Kier alpha value is -8.74. The van der Waals surface area contributed by atoms with Gasteiger partial charge in [0, 0.05) is 49.2 Å². The molecule has 0 unspecified atom stereocenters. The number of aromatic nitrogens is 5. The average Bonchev–Trinajstić information content (AvgIpc) is 4.18. The summed E-state index contributed by atoms with van der Waals surface area (Å²) in [4.78, 5) is 11.1. The molecule has 14 aromatic rings. The summed E-state index contributed by atoms with van der Waals surface area (Å²) in [7, 11) is 0. The normalized spacial score (nSPS) is 13.8. The predicted molar refractivity (Wildman–Crippen MR) is 263 cm³/mol. The van der Waals surface area contributed by atoms with Crippen LogP contribution >= 0.6 is 0 Å². The molecule has 0 amide bonds. The van der Waals surface area contributed by atoms with Crippen LogP contribution < -0.4 is 0 Å². The average molecular weight is 826 g/mol. The first-order chi connectivity index (χ1) is 35.1. The zero-order valence-corrected chi connectivity index (χ0v) is 33.7. The molecule has 14 rings (SSSR count). The molecule has 9 aromatic carbocycles. The first kappa shape index (κ1) is 28.0. The van der Waals surface area contributed by atoms with Crippen LogP contribution in [0.2, 0.25) is 0 Å². The van der Waals surface area contributed by atoms with Crippen LogP contribution in [0.15, 0.2) is 217 Å². The summed E-state index contributed by atoms with van der Waals surface area (Å²) in [6.45, 7) is 0. The van der Waals surface area contributed by atoms with Crippen LogP contribution in [0, 0.1) is 0 Å². The highest BCUT2D eigenvalue weighted by Crippen LogP contribution is 2.45. The maximum absolute atomic E-state index is 9.49. The quantitative estimate of drug-likeness (QED) is 0.174. The second kappa shape index (κ2) is 13.4. The van der Waals surface area contributed by atoms with Gasteiger partial charge in [-0.1, -0.05) is 152 Å². The lowest BCUT2D eigenvalue weighted by molar-refractivity contribution is 0.669. The molecule has 5 aromatic heterocycles. The molecule has 6 nitrogen and oxygen atoms in total. The van der Waals surface area contributed by atoms with E-state index in [-0.39, 0.29) is 33.4 Å². The van der Waals surface area contributed by atoms with Gasteiger partial charge in [0.1, 0.15) is 22.8 Å². The van der Waals surface area contributed by atoms with E-state index in [1.807, 2.05) is 114 Å². The van der Waals surface area contributed by atoms with E-state index < -0.39 is 48.3 Å². The Labute approximate surface area is 377 Å².